The molecule has 0 aliphatic rings. The number of hydrogen-bond donors (Lipinski definition) is 2. The van der Waals surface area contributed by atoms with Crippen LogP contribution >= 0.6 is 11.8 Å². The molecule has 0 radical (unpaired) electrons. The van der Waals surface area contributed by atoms with E-state index in [9.17, 15) is 4.79 Å². The van der Waals surface area contributed by atoms with Gasteiger partial charge in [0.25, 0.3) is 0 Å². The normalized spacial score (nSPS) is 14.9. The topological polar surface area (TPSA) is 55.1 Å². The molecule has 14 heavy (non-hydrogen) atoms. The molecule has 0 aromatic carbocycles. The van der Waals surface area contributed by atoms with Gasteiger partial charge < -0.3 is 11.1 Å². The zero-order valence-electron chi connectivity index (χ0n) is 9.43. The minimum absolute atomic E-state index is 0.0867. The standard InChI is InChI=1S/C10H22N2OS/c1-4-10(2,8-11)9(13)12-6-5-7-14-3/h4-8,11H2,1-3H3,(H,12,13). The van der Waals surface area contributed by atoms with Crippen molar-refractivity contribution < 1.29 is 4.79 Å². The van der Waals surface area contributed by atoms with Crippen LogP contribution in [0.2, 0.25) is 0 Å². The minimum atomic E-state index is -0.390. The first-order chi connectivity index (χ1) is 6.60. The summed E-state index contributed by atoms with van der Waals surface area (Å²) in [7, 11) is 0. The summed E-state index contributed by atoms with van der Waals surface area (Å²) in [4.78, 5) is 11.7. The van der Waals surface area contributed by atoms with Crippen molar-refractivity contribution in [1.29, 1.82) is 0 Å². The lowest BCUT2D eigenvalue weighted by Gasteiger charge is -2.24. The highest BCUT2D eigenvalue weighted by Crippen LogP contribution is 2.18. The average molecular weight is 218 g/mol. The maximum absolute atomic E-state index is 11.7. The van der Waals surface area contributed by atoms with Gasteiger partial charge >= 0.3 is 0 Å². The van der Waals surface area contributed by atoms with Gasteiger partial charge in [0.05, 0.1) is 5.41 Å². The second-order valence-corrected chi connectivity index (χ2v) is 4.71. The summed E-state index contributed by atoms with van der Waals surface area (Å²) in [5.41, 5.74) is 5.19. The Labute approximate surface area is 91.2 Å². The molecule has 0 fully saturated rings. The van der Waals surface area contributed by atoms with E-state index in [-0.39, 0.29) is 11.3 Å². The van der Waals surface area contributed by atoms with Crippen molar-refractivity contribution in [2.75, 3.05) is 25.1 Å². The van der Waals surface area contributed by atoms with Gasteiger partial charge in [0.15, 0.2) is 0 Å². The van der Waals surface area contributed by atoms with E-state index in [4.69, 9.17) is 5.73 Å². The van der Waals surface area contributed by atoms with Crippen molar-refractivity contribution in [2.45, 2.75) is 26.7 Å². The molecule has 1 atom stereocenters. The highest BCUT2D eigenvalue weighted by atomic mass is 32.2. The van der Waals surface area contributed by atoms with Crippen molar-refractivity contribution in [3.8, 4) is 0 Å². The van der Waals surface area contributed by atoms with Crippen LogP contribution in [0.4, 0.5) is 0 Å². The lowest BCUT2D eigenvalue weighted by molar-refractivity contribution is -0.129. The quantitative estimate of drug-likeness (QED) is 0.632. The van der Waals surface area contributed by atoms with E-state index in [0.717, 1.165) is 25.1 Å². The van der Waals surface area contributed by atoms with Crippen molar-refractivity contribution in [3.63, 3.8) is 0 Å². The number of carbonyl (C=O) groups is 1. The molecule has 0 spiro atoms. The number of nitrogens with one attached hydrogen (secondary N) is 1. The average Bonchev–Trinajstić information content (AvgIpc) is 2.22. The summed E-state index contributed by atoms with van der Waals surface area (Å²) in [6, 6.07) is 0. The fraction of sp³-hybridized carbons (Fsp3) is 0.900. The number of rotatable bonds is 7. The lowest BCUT2D eigenvalue weighted by Crippen LogP contribution is -2.43. The molecular formula is C10H22N2OS. The first-order valence-corrected chi connectivity index (χ1v) is 6.47. The van der Waals surface area contributed by atoms with Gasteiger partial charge in [-0.2, -0.15) is 11.8 Å². The predicted molar refractivity (Wildman–Crippen MR) is 63.5 cm³/mol. The second kappa shape index (κ2) is 7.12. The molecule has 1 unspecified atom stereocenters. The second-order valence-electron chi connectivity index (χ2n) is 3.72. The largest absolute Gasteiger partial charge is 0.356 e. The molecular weight excluding hydrogens is 196 g/mol. The molecule has 0 aliphatic heterocycles. The highest BCUT2D eigenvalue weighted by Gasteiger charge is 2.28. The van der Waals surface area contributed by atoms with Crippen molar-refractivity contribution >= 4 is 17.7 Å². The molecule has 0 saturated carbocycles. The van der Waals surface area contributed by atoms with Gasteiger partial charge in [0.2, 0.25) is 5.91 Å². The van der Waals surface area contributed by atoms with E-state index in [0.29, 0.717) is 6.54 Å². The van der Waals surface area contributed by atoms with Crippen molar-refractivity contribution in [2.24, 2.45) is 11.1 Å². The number of amides is 1. The summed E-state index contributed by atoms with van der Waals surface area (Å²) >= 11 is 1.80. The first kappa shape index (κ1) is 13.8. The van der Waals surface area contributed by atoms with Gasteiger partial charge in [-0.1, -0.05) is 6.92 Å². The molecule has 3 N–H and O–H groups in total. The van der Waals surface area contributed by atoms with Gasteiger partial charge in [-0.25, -0.2) is 0 Å². The number of nitrogens with two attached hydrogens (primary N) is 1. The van der Waals surface area contributed by atoms with E-state index in [1.54, 1.807) is 11.8 Å². The fourth-order valence-electron chi connectivity index (χ4n) is 1.03. The molecule has 1 amide bonds. The minimum Gasteiger partial charge on any atom is -0.356 e. The molecule has 4 heteroatoms. The molecule has 84 valence electrons. The molecule has 3 nitrogen and oxygen atoms in total. The third kappa shape index (κ3) is 4.33. The molecule has 0 heterocycles. The van der Waals surface area contributed by atoms with E-state index < -0.39 is 0 Å². The molecule has 0 aromatic rings. The van der Waals surface area contributed by atoms with Crippen LogP contribution in [0.3, 0.4) is 0 Å². The lowest BCUT2D eigenvalue weighted by atomic mass is 9.87. The Hall–Kier alpha value is -0.220. The SMILES string of the molecule is CCC(C)(CN)C(=O)NCCCSC. The van der Waals surface area contributed by atoms with Crippen LogP contribution < -0.4 is 11.1 Å². The van der Waals surface area contributed by atoms with Crippen LogP contribution in [0.25, 0.3) is 0 Å². The smallest absolute Gasteiger partial charge is 0.227 e. The summed E-state index contributed by atoms with van der Waals surface area (Å²) in [5.74, 6) is 1.18. The van der Waals surface area contributed by atoms with Crippen molar-refractivity contribution in [3.05, 3.63) is 0 Å². The van der Waals surface area contributed by atoms with Crippen LogP contribution in [-0.2, 0) is 4.79 Å². The summed E-state index contributed by atoms with van der Waals surface area (Å²) in [6.45, 7) is 5.08. The van der Waals surface area contributed by atoms with E-state index in [1.165, 1.54) is 0 Å². The van der Waals surface area contributed by atoms with E-state index in [1.807, 2.05) is 13.8 Å². The molecule has 0 rings (SSSR count). The Bertz CT molecular complexity index is 170. The van der Waals surface area contributed by atoms with Gasteiger partial charge in [-0.05, 0) is 31.8 Å². The predicted octanol–water partition coefficient (Wildman–Crippen LogP) is 1.23. The maximum Gasteiger partial charge on any atom is 0.227 e. The van der Waals surface area contributed by atoms with Crippen LogP contribution in [0, 0.1) is 5.41 Å². The van der Waals surface area contributed by atoms with Crippen molar-refractivity contribution in [1.82, 2.24) is 5.32 Å². The fourth-order valence-corrected chi connectivity index (χ4v) is 1.46. The van der Waals surface area contributed by atoms with E-state index in [2.05, 4.69) is 11.6 Å². The molecule has 0 saturated heterocycles. The Balaban J connectivity index is 3.82. The number of carbonyl (C=O) groups excluding carboxylic acids is 1. The van der Waals surface area contributed by atoms with Gasteiger partial charge in [-0.15, -0.1) is 0 Å². The molecule has 0 bridgehead atoms. The zero-order valence-corrected chi connectivity index (χ0v) is 10.2. The molecule has 0 aromatic heterocycles. The van der Waals surface area contributed by atoms with E-state index >= 15 is 0 Å². The van der Waals surface area contributed by atoms with Gasteiger partial charge in [0, 0.05) is 13.1 Å². The first-order valence-electron chi connectivity index (χ1n) is 5.08. The van der Waals surface area contributed by atoms with Crippen LogP contribution in [0.5, 0.6) is 0 Å². The van der Waals surface area contributed by atoms with Crippen LogP contribution in [-0.4, -0.2) is 31.0 Å². The molecule has 0 aliphatic carbocycles. The maximum atomic E-state index is 11.7. The Morgan fingerprint density at radius 2 is 2.21 bits per heavy atom. The summed E-state index contributed by atoms with van der Waals surface area (Å²) in [6.07, 6.45) is 3.88. The number of thioether (sulfide) groups is 1. The zero-order chi connectivity index (χ0) is 11.0. The third-order valence-electron chi connectivity index (χ3n) is 2.59. The number of hydrogen-bond acceptors (Lipinski definition) is 3. The highest BCUT2D eigenvalue weighted by molar-refractivity contribution is 7.98. The summed E-state index contributed by atoms with van der Waals surface area (Å²) < 4.78 is 0. The third-order valence-corrected chi connectivity index (χ3v) is 3.29. The Morgan fingerprint density at radius 3 is 2.64 bits per heavy atom. The Morgan fingerprint density at radius 1 is 1.57 bits per heavy atom. The van der Waals surface area contributed by atoms with Gasteiger partial charge in [0.1, 0.15) is 0 Å². The van der Waals surface area contributed by atoms with Crippen LogP contribution in [0.1, 0.15) is 26.7 Å². The monoisotopic (exact) mass is 218 g/mol. The van der Waals surface area contributed by atoms with Crippen LogP contribution in [0.15, 0.2) is 0 Å². The van der Waals surface area contributed by atoms with Gasteiger partial charge in [-0.3, -0.25) is 4.79 Å². The Kier molecular flexibility index (Phi) is 7.01. The summed E-state index contributed by atoms with van der Waals surface area (Å²) in [5, 5.41) is 2.93.